The van der Waals surface area contributed by atoms with Gasteiger partial charge in [-0.05, 0) is 29.8 Å². The van der Waals surface area contributed by atoms with Crippen molar-refractivity contribution < 1.29 is 14.6 Å². The van der Waals surface area contributed by atoms with Crippen molar-refractivity contribution in [3.63, 3.8) is 0 Å². The first-order valence-corrected chi connectivity index (χ1v) is 5.49. The van der Waals surface area contributed by atoms with Crippen LogP contribution in [0.2, 0.25) is 0 Å². The molecule has 2 heterocycles. The molecule has 0 aliphatic rings. The van der Waals surface area contributed by atoms with E-state index < -0.39 is 5.97 Å². The van der Waals surface area contributed by atoms with Gasteiger partial charge in [-0.25, -0.2) is 4.79 Å². The van der Waals surface area contributed by atoms with Crippen molar-refractivity contribution in [2.24, 2.45) is 0 Å². The van der Waals surface area contributed by atoms with Crippen LogP contribution in [-0.4, -0.2) is 22.5 Å². The number of nitrogens with zero attached hydrogens (tertiary/aromatic N) is 2. The second-order valence-electron chi connectivity index (χ2n) is 3.54. The maximum atomic E-state index is 11.5. The molecule has 0 fully saturated rings. The van der Waals surface area contributed by atoms with E-state index >= 15 is 0 Å². The smallest absolute Gasteiger partial charge is 0.293 e. The molecule has 2 aromatic rings. The first kappa shape index (κ1) is 12.2. The number of hydrogen-bond donors (Lipinski definition) is 0. The van der Waals surface area contributed by atoms with E-state index in [1.807, 2.05) is 12.1 Å². The molecule has 0 saturated carbocycles. The zero-order valence-corrected chi connectivity index (χ0v) is 9.65. The zero-order chi connectivity index (χ0) is 12.6. The molecule has 2 rings (SSSR count). The summed E-state index contributed by atoms with van der Waals surface area (Å²) < 4.78 is 0. The summed E-state index contributed by atoms with van der Waals surface area (Å²) in [6.45, 7) is 0.302. The van der Waals surface area contributed by atoms with Crippen molar-refractivity contribution in [1.82, 2.24) is 9.97 Å². The topological polar surface area (TPSA) is 61.3 Å². The monoisotopic (exact) mass is 244 g/mol. The summed E-state index contributed by atoms with van der Waals surface area (Å²) in [6.07, 6.45) is 7.08. The van der Waals surface area contributed by atoms with Crippen LogP contribution < -0.4 is 0 Å². The molecule has 0 unspecified atom stereocenters. The number of aromatic nitrogens is 2. The molecular formula is C13H12N2O3. The summed E-state index contributed by atoms with van der Waals surface area (Å²) in [7, 11) is 0. The van der Waals surface area contributed by atoms with Crippen molar-refractivity contribution in [2.45, 2.75) is 6.42 Å². The fourth-order valence-corrected chi connectivity index (χ4v) is 1.34. The highest BCUT2D eigenvalue weighted by Gasteiger charge is 2.07. The molecule has 0 aliphatic heterocycles. The van der Waals surface area contributed by atoms with Gasteiger partial charge in [0.1, 0.15) is 0 Å². The summed E-state index contributed by atoms with van der Waals surface area (Å²) >= 11 is 0. The fraction of sp³-hybridized carbons (Fsp3) is 0.154. The van der Waals surface area contributed by atoms with Crippen LogP contribution in [0.3, 0.4) is 0 Å². The molecule has 0 radical (unpaired) electrons. The normalized spacial score (nSPS) is 10.0. The SMILES string of the molecule is O=C(OOCCc1ccncc1)c1cccnc1. The molecule has 18 heavy (non-hydrogen) atoms. The lowest BCUT2D eigenvalue weighted by Crippen LogP contribution is -2.08. The van der Waals surface area contributed by atoms with Gasteiger partial charge in [-0.3, -0.25) is 14.9 Å². The van der Waals surface area contributed by atoms with E-state index in [1.54, 1.807) is 30.7 Å². The number of rotatable bonds is 5. The van der Waals surface area contributed by atoms with Gasteiger partial charge in [0.25, 0.3) is 0 Å². The Balaban J connectivity index is 1.72. The molecule has 0 saturated heterocycles. The van der Waals surface area contributed by atoms with Gasteiger partial charge in [0, 0.05) is 31.2 Å². The largest absolute Gasteiger partial charge is 0.374 e. The van der Waals surface area contributed by atoms with Crippen LogP contribution >= 0.6 is 0 Å². The van der Waals surface area contributed by atoms with Crippen molar-refractivity contribution >= 4 is 5.97 Å². The number of hydrogen-bond acceptors (Lipinski definition) is 5. The van der Waals surface area contributed by atoms with Crippen LogP contribution in [0.4, 0.5) is 0 Å². The molecule has 2 aromatic heterocycles. The second-order valence-corrected chi connectivity index (χ2v) is 3.54. The van der Waals surface area contributed by atoms with E-state index in [9.17, 15) is 4.79 Å². The van der Waals surface area contributed by atoms with Crippen molar-refractivity contribution in [1.29, 1.82) is 0 Å². The van der Waals surface area contributed by atoms with Crippen LogP contribution in [0.25, 0.3) is 0 Å². The van der Waals surface area contributed by atoms with E-state index in [2.05, 4.69) is 14.9 Å². The highest BCUT2D eigenvalue weighted by atomic mass is 17.2. The maximum Gasteiger partial charge on any atom is 0.374 e. The van der Waals surface area contributed by atoms with Crippen LogP contribution in [-0.2, 0) is 16.2 Å². The number of carbonyl (C=O) groups is 1. The van der Waals surface area contributed by atoms with Crippen LogP contribution in [0.5, 0.6) is 0 Å². The Bertz CT molecular complexity index is 488. The summed E-state index contributed by atoms with van der Waals surface area (Å²) in [5.74, 6) is -0.544. The van der Waals surface area contributed by atoms with E-state index in [4.69, 9.17) is 4.89 Å². The average Bonchev–Trinajstić information content (AvgIpc) is 2.45. The summed E-state index contributed by atoms with van der Waals surface area (Å²) in [6, 6.07) is 7.04. The van der Waals surface area contributed by atoms with Crippen LogP contribution in [0.1, 0.15) is 15.9 Å². The molecule has 5 nitrogen and oxygen atoms in total. The number of carbonyl (C=O) groups excluding carboxylic acids is 1. The fourth-order valence-electron chi connectivity index (χ4n) is 1.34. The first-order valence-electron chi connectivity index (χ1n) is 5.49. The van der Waals surface area contributed by atoms with E-state index in [0.29, 0.717) is 18.6 Å². The average molecular weight is 244 g/mol. The van der Waals surface area contributed by atoms with Gasteiger partial charge in [-0.15, -0.1) is 0 Å². The molecule has 0 aliphatic carbocycles. The highest BCUT2D eigenvalue weighted by Crippen LogP contribution is 2.01. The third-order valence-corrected chi connectivity index (χ3v) is 2.26. The molecular weight excluding hydrogens is 232 g/mol. The van der Waals surface area contributed by atoms with Gasteiger partial charge in [-0.1, -0.05) is 0 Å². The summed E-state index contributed by atoms with van der Waals surface area (Å²) in [5, 5.41) is 0. The van der Waals surface area contributed by atoms with Gasteiger partial charge in [0.05, 0.1) is 12.2 Å². The first-order chi connectivity index (χ1) is 8.86. The van der Waals surface area contributed by atoms with Crippen molar-refractivity contribution in [3.05, 3.63) is 60.2 Å². The van der Waals surface area contributed by atoms with Gasteiger partial charge in [0.15, 0.2) is 0 Å². The maximum absolute atomic E-state index is 11.5. The minimum absolute atomic E-state index is 0.302. The molecule has 0 N–H and O–H groups in total. The predicted octanol–water partition coefficient (Wildman–Crippen LogP) is 1.81. The Labute approximate surface area is 104 Å². The Kier molecular flexibility index (Phi) is 4.38. The zero-order valence-electron chi connectivity index (χ0n) is 9.65. The molecule has 0 amide bonds. The minimum atomic E-state index is -0.544. The lowest BCUT2D eigenvalue weighted by atomic mass is 10.2. The second kappa shape index (κ2) is 6.46. The molecule has 0 atom stereocenters. The predicted molar refractivity (Wildman–Crippen MR) is 63.5 cm³/mol. The highest BCUT2D eigenvalue weighted by molar-refractivity contribution is 5.88. The Morgan fingerprint density at radius 3 is 2.67 bits per heavy atom. The van der Waals surface area contributed by atoms with E-state index in [1.165, 1.54) is 6.20 Å². The minimum Gasteiger partial charge on any atom is -0.293 e. The Morgan fingerprint density at radius 1 is 1.11 bits per heavy atom. The van der Waals surface area contributed by atoms with Crippen LogP contribution in [0.15, 0.2) is 49.1 Å². The third-order valence-electron chi connectivity index (χ3n) is 2.26. The van der Waals surface area contributed by atoms with Gasteiger partial charge >= 0.3 is 5.97 Å². The van der Waals surface area contributed by atoms with E-state index in [-0.39, 0.29) is 0 Å². The standard InChI is InChI=1S/C13H12N2O3/c16-13(12-2-1-6-15-10-12)18-17-9-5-11-3-7-14-8-4-11/h1-4,6-8,10H,5,9H2. The molecule has 0 bridgehead atoms. The van der Waals surface area contributed by atoms with Gasteiger partial charge in [0.2, 0.25) is 0 Å². The quantitative estimate of drug-likeness (QED) is 0.456. The summed E-state index contributed by atoms with van der Waals surface area (Å²) in [4.78, 5) is 28.7. The van der Waals surface area contributed by atoms with Gasteiger partial charge < -0.3 is 0 Å². The van der Waals surface area contributed by atoms with Crippen LogP contribution in [0, 0.1) is 0 Å². The third kappa shape index (κ3) is 3.64. The van der Waals surface area contributed by atoms with Crippen molar-refractivity contribution in [3.8, 4) is 0 Å². The van der Waals surface area contributed by atoms with Gasteiger partial charge in [-0.2, -0.15) is 4.89 Å². The molecule has 0 spiro atoms. The summed E-state index contributed by atoms with van der Waals surface area (Å²) in [5.41, 5.74) is 1.43. The molecule has 0 aromatic carbocycles. The molecule has 92 valence electrons. The molecule has 5 heteroatoms. The van der Waals surface area contributed by atoms with Crippen molar-refractivity contribution in [2.75, 3.05) is 6.61 Å². The number of pyridine rings is 2. The van der Waals surface area contributed by atoms with E-state index in [0.717, 1.165) is 5.56 Å². The lowest BCUT2D eigenvalue weighted by Gasteiger charge is -2.03. The Morgan fingerprint density at radius 2 is 1.94 bits per heavy atom. The lowest BCUT2D eigenvalue weighted by molar-refractivity contribution is -0.240. The Hall–Kier alpha value is -2.27.